The van der Waals surface area contributed by atoms with E-state index in [4.69, 9.17) is 0 Å². The quantitative estimate of drug-likeness (QED) is 0.306. The highest BCUT2D eigenvalue weighted by Gasteiger charge is 2.07. The van der Waals surface area contributed by atoms with Crippen LogP contribution in [0.15, 0.2) is 122 Å². The second kappa shape index (κ2) is 9.14. The highest BCUT2D eigenvalue weighted by Crippen LogP contribution is 2.27. The van der Waals surface area contributed by atoms with Crippen LogP contribution in [-0.2, 0) is 0 Å². The summed E-state index contributed by atoms with van der Waals surface area (Å²) in [5.74, 6) is 1.35. The SMILES string of the molecule is c1ccc(-c2ccc(Nc3nccnc3Nc3ccc(-c4ccccc4)cc3)cc2)cc1. The van der Waals surface area contributed by atoms with Gasteiger partial charge in [0, 0.05) is 23.8 Å². The van der Waals surface area contributed by atoms with Gasteiger partial charge in [-0.1, -0.05) is 84.9 Å². The van der Waals surface area contributed by atoms with Gasteiger partial charge in [-0.15, -0.1) is 0 Å². The molecule has 0 radical (unpaired) electrons. The van der Waals surface area contributed by atoms with Gasteiger partial charge in [-0.2, -0.15) is 0 Å². The first-order chi connectivity index (χ1) is 15.8. The molecule has 0 saturated heterocycles. The van der Waals surface area contributed by atoms with Crippen molar-refractivity contribution in [2.24, 2.45) is 0 Å². The summed E-state index contributed by atoms with van der Waals surface area (Å²) in [6.07, 6.45) is 3.37. The first-order valence-corrected chi connectivity index (χ1v) is 10.5. The van der Waals surface area contributed by atoms with Gasteiger partial charge in [0.25, 0.3) is 0 Å². The monoisotopic (exact) mass is 414 g/mol. The van der Waals surface area contributed by atoms with E-state index in [9.17, 15) is 0 Å². The molecule has 5 rings (SSSR count). The minimum atomic E-state index is 0.673. The second-order valence-corrected chi connectivity index (χ2v) is 7.39. The van der Waals surface area contributed by atoms with Crippen molar-refractivity contribution in [3.63, 3.8) is 0 Å². The summed E-state index contributed by atoms with van der Waals surface area (Å²) < 4.78 is 0. The average Bonchev–Trinajstić information content (AvgIpc) is 2.87. The van der Waals surface area contributed by atoms with E-state index in [1.165, 1.54) is 22.3 Å². The lowest BCUT2D eigenvalue weighted by atomic mass is 10.1. The van der Waals surface area contributed by atoms with Gasteiger partial charge in [0.2, 0.25) is 0 Å². The van der Waals surface area contributed by atoms with Crippen LogP contribution in [0, 0.1) is 0 Å². The Labute approximate surface area is 187 Å². The van der Waals surface area contributed by atoms with Crippen molar-refractivity contribution in [2.75, 3.05) is 10.6 Å². The third kappa shape index (κ3) is 4.50. The molecular weight excluding hydrogens is 392 g/mol. The topological polar surface area (TPSA) is 49.8 Å². The average molecular weight is 415 g/mol. The zero-order valence-corrected chi connectivity index (χ0v) is 17.4. The molecule has 4 heteroatoms. The maximum atomic E-state index is 4.48. The Bertz CT molecular complexity index is 1180. The molecule has 2 N–H and O–H groups in total. The molecule has 0 aliphatic heterocycles. The summed E-state index contributed by atoms with van der Waals surface area (Å²) >= 11 is 0. The number of rotatable bonds is 6. The molecule has 4 nitrogen and oxygen atoms in total. The van der Waals surface area contributed by atoms with E-state index in [2.05, 4.69) is 93.4 Å². The fourth-order valence-corrected chi connectivity index (χ4v) is 3.55. The Hall–Kier alpha value is -4.44. The van der Waals surface area contributed by atoms with E-state index in [-0.39, 0.29) is 0 Å². The molecule has 4 aromatic carbocycles. The smallest absolute Gasteiger partial charge is 0.173 e. The summed E-state index contributed by atoms with van der Waals surface area (Å²) in [4.78, 5) is 8.96. The predicted octanol–water partition coefficient (Wildman–Crippen LogP) is 7.30. The number of aromatic nitrogens is 2. The highest BCUT2D eigenvalue weighted by atomic mass is 15.1. The molecule has 0 atom stereocenters. The summed E-state index contributed by atoms with van der Waals surface area (Å²) in [6.45, 7) is 0. The Morgan fingerprint density at radius 3 is 1.09 bits per heavy atom. The molecule has 32 heavy (non-hydrogen) atoms. The van der Waals surface area contributed by atoms with E-state index >= 15 is 0 Å². The number of nitrogens with zero attached hydrogens (tertiary/aromatic N) is 2. The van der Waals surface area contributed by atoms with E-state index < -0.39 is 0 Å². The molecular formula is C28H22N4. The van der Waals surface area contributed by atoms with Crippen LogP contribution in [0.2, 0.25) is 0 Å². The van der Waals surface area contributed by atoms with Crippen LogP contribution in [0.5, 0.6) is 0 Å². The third-order valence-corrected chi connectivity index (χ3v) is 5.21. The molecule has 1 aromatic heterocycles. The Balaban J connectivity index is 1.32. The third-order valence-electron chi connectivity index (χ3n) is 5.21. The summed E-state index contributed by atoms with van der Waals surface area (Å²) in [5.41, 5.74) is 6.64. The zero-order chi connectivity index (χ0) is 21.6. The van der Waals surface area contributed by atoms with Crippen LogP contribution in [0.25, 0.3) is 22.3 Å². The van der Waals surface area contributed by atoms with Gasteiger partial charge in [-0.3, -0.25) is 0 Å². The fourth-order valence-electron chi connectivity index (χ4n) is 3.55. The van der Waals surface area contributed by atoms with Crippen LogP contribution in [-0.4, -0.2) is 9.97 Å². The molecule has 1 heterocycles. The van der Waals surface area contributed by atoms with Gasteiger partial charge in [-0.05, 0) is 46.5 Å². The molecule has 0 aliphatic rings. The minimum absolute atomic E-state index is 0.673. The maximum absolute atomic E-state index is 4.48. The lowest BCUT2D eigenvalue weighted by Crippen LogP contribution is -2.01. The largest absolute Gasteiger partial charge is 0.337 e. The van der Waals surface area contributed by atoms with Crippen molar-refractivity contribution >= 4 is 23.0 Å². The van der Waals surface area contributed by atoms with Crippen LogP contribution in [0.3, 0.4) is 0 Å². The van der Waals surface area contributed by atoms with Crippen molar-refractivity contribution in [2.45, 2.75) is 0 Å². The van der Waals surface area contributed by atoms with Gasteiger partial charge in [0.1, 0.15) is 0 Å². The molecule has 0 bridgehead atoms. The van der Waals surface area contributed by atoms with Gasteiger partial charge >= 0.3 is 0 Å². The lowest BCUT2D eigenvalue weighted by Gasteiger charge is -2.13. The molecule has 5 aromatic rings. The van der Waals surface area contributed by atoms with E-state index in [0.29, 0.717) is 11.6 Å². The first kappa shape index (κ1) is 19.5. The van der Waals surface area contributed by atoms with Crippen molar-refractivity contribution in [3.05, 3.63) is 122 Å². The lowest BCUT2D eigenvalue weighted by molar-refractivity contribution is 1.19. The fraction of sp³-hybridized carbons (Fsp3) is 0. The Morgan fingerprint density at radius 2 is 0.719 bits per heavy atom. The second-order valence-electron chi connectivity index (χ2n) is 7.39. The Kier molecular flexibility index (Phi) is 5.58. The molecule has 0 fully saturated rings. The van der Waals surface area contributed by atoms with Crippen LogP contribution in [0.4, 0.5) is 23.0 Å². The van der Waals surface area contributed by atoms with Crippen LogP contribution in [0.1, 0.15) is 0 Å². The molecule has 0 amide bonds. The molecule has 0 aliphatic carbocycles. The minimum Gasteiger partial charge on any atom is -0.337 e. The van der Waals surface area contributed by atoms with Crippen molar-refractivity contribution in [3.8, 4) is 22.3 Å². The van der Waals surface area contributed by atoms with Gasteiger partial charge < -0.3 is 10.6 Å². The van der Waals surface area contributed by atoms with Crippen molar-refractivity contribution in [1.82, 2.24) is 9.97 Å². The number of hydrogen-bond acceptors (Lipinski definition) is 4. The molecule has 0 unspecified atom stereocenters. The first-order valence-electron chi connectivity index (χ1n) is 10.5. The van der Waals surface area contributed by atoms with Gasteiger partial charge in [0.15, 0.2) is 11.6 Å². The zero-order valence-electron chi connectivity index (χ0n) is 17.4. The van der Waals surface area contributed by atoms with Crippen LogP contribution >= 0.6 is 0 Å². The molecule has 154 valence electrons. The number of hydrogen-bond donors (Lipinski definition) is 2. The highest BCUT2D eigenvalue weighted by molar-refractivity contribution is 5.75. The number of nitrogens with one attached hydrogen (secondary N) is 2. The van der Waals surface area contributed by atoms with Crippen molar-refractivity contribution < 1.29 is 0 Å². The standard InChI is InChI=1S/C28H22N4/c1-3-7-21(8-4-1)23-11-15-25(16-12-23)31-27-28(30-20-19-29-27)32-26-17-13-24(14-18-26)22-9-5-2-6-10-22/h1-20H,(H,29,31)(H,30,32). The Morgan fingerprint density at radius 1 is 0.375 bits per heavy atom. The summed E-state index contributed by atoms with van der Waals surface area (Å²) in [6, 6.07) is 37.3. The molecule has 0 saturated carbocycles. The predicted molar refractivity (Wildman–Crippen MR) is 132 cm³/mol. The van der Waals surface area contributed by atoms with E-state index in [1.54, 1.807) is 12.4 Å². The molecule has 0 spiro atoms. The maximum Gasteiger partial charge on any atom is 0.173 e. The summed E-state index contributed by atoms with van der Waals surface area (Å²) in [5, 5.41) is 6.75. The number of benzene rings is 4. The summed E-state index contributed by atoms with van der Waals surface area (Å²) in [7, 11) is 0. The van der Waals surface area contributed by atoms with Gasteiger partial charge in [0.05, 0.1) is 0 Å². The van der Waals surface area contributed by atoms with Crippen molar-refractivity contribution in [1.29, 1.82) is 0 Å². The van der Waals surface area contributed by atoms with E-state index in [1.807, 2.05) is 36.4 Å². The van der Waals surface area contributed by atoms with E-state index in [0.717, 1.165) is 11.4 Å². The van der Waals surface area contributed by atoms with Crippen LogP contribution < -0.4 is 10.6 Å². The van der Waals surface area contributed by atoms with Gasteiger partial charge in [-0.25, -0.2) is 9.97 Å². The number of anilines is 4. The normalized spacial score (nSPS) is 10.5.